The molecule has 0 spiro atoms. The second-order valence-corrected chi connectivity index (χ2v) is 2.68. The first-order valence-electron chi connectivity index (χ1n) is 3.59. The van der Waals surface area contributed by atoms with Crippen molar-refractivity contribution >= 4 is 16.4 Å². The van der Waals surface area contributed by atoms with Crippen LogP contribution in [0, 0.1) is 0 Å². The third-order valence-electron chi connectivity index (χ3n) is 2.04. The first kappa shape index (κ1) is 5.13. The van der Waals surface area contributed by atoms with Crippen molar-refractivity contribution in [1.29, 1.82) is 0 Å². The summed E-state index contributed by atoms with van der Waals surface area (Å²) in [6.07, 6.45) is 3.88. The normalized spacial score (nSPS) is 11.6. The molecular formula is C9H6N2. The molecule has 0 saturated heterocycles. The van der Waals surface area contributed by atoms with Gasteiger partial charge in [-0.15, -0.1) is 0 Å². The van der Waals surface area contributed by atoms with Gasteiger partial charge in [-0.3, -0.25) is 0 Å². The van der Waals surface area contributed by atoms with E-state index in [1.165, 1.54) is 10.9 Å². The third kappa shape index (κ3) is 0.499. The van der Waals surface area contributed by atoms with Crippen molar-refractivity contribution in [2.75, 3.05) is 0 Å². The Balaban J connectivity index is 2.83. The van der Waals surface area contributed by atoms with E-state index >= 15 is 0 Å². The van der Waals surface area contributed by atoms with E-state index in [1.807, 2.05) is 29.1 Å². The molecule has 2 nitrogen and oxygen atoms in total. The van der Waals surface area contributed by atoms with Crippen LogP contribution in [0.2, 0.25) is 0 Å². The topological polar surface area (TPSA) is 17.3 Å². The molecule has 0 fully saturated rings. The van der Waals surface area contributed by atoms with Gasteiger partial charge in [-0.25, -0.2) is 4.98 Å². The van der Waals surface area contributed by atoms with Gasteiger partial charge in [0.1, 0.15) is 0 Å². The number of hydrogen-bond donors (Lipinski definition) is 0. The second kappa shape index (κ2) is 1.53. The Kier molecular flexibility index (Phi) is 0.714. The molecule has 0 bridgehead atoms. The molecule has 3 rings (SSSR count). The summed E-state index contributed by atoms with van der Waals surface area (Å²) < 4.78 is 2.05. The fourth-order valence-corrected chi connectivity index (χ4v) is 1.52. The predicted octanol–water partition coefficient (Wildman–Crippen LogP) is 1.93. The molecule has 52 valence electrons. The molecule has 2 heteroatoms. The zero-order chi connectivity index (χ0) is 7.26. The van der Waals surface area contributed by atoms with Crippen LogP contribution in [0.25, 0.3) is 16.4 Å². The van der Waals surface area contributed by atoms with Crippen LogP contribution in [0.15, 0.2) is 36.8 Å². The summed E-state index contributed by atoms with van der Waals surface area (Å²) in [5, 5.41) is 1.26. The van der Waals surface area contributed by atoms with Gasteiger partial charge in [-0.05, 0) is 12.1 Å². The van der Waals surface area contributed by atoms with Gasteiger partial charge in [0, 0.05) is 11.6 Å². The molecule has 1 aromatic carbocycles. The standard InChI is InChI=1S/C9H6N2/c1-2-7-4-5-11-6-10-8(3-1)9(7)11/h1-6H. The molecule has 0 atom stereocenters. The number of benzene rings is 1. The van der Waals surface area contributed by atoms with E-state index in [0.29, 0.717) is 0 Å². The molecule has 0 N–H and O–H groups in total. The quantitative estimate of drug-likeness (QED) is 0.468. The zero-order valence-electron chi connectivity index (χ0n) is 5.86. The van der Waals surface area contributed by atoms with E-state index in [9.17, 15) is 0 Å². The smallest absolute Gasteiger partial charge is 0.0999 e. The average Bonchev–Trinajstić information content (AvgIpc) is 2.60. The molecule has 0 aliphatic heterocycles. The van der Waals surface area contributed by atoms with E-state index in [4.69, 9.17) is 0 Å². The van der Waals surface area contributed by atoms with Gasteiger partial charge in [0.2, 0.25) is 0 Å². The van der Waals surface area contributed by atoms with E-state index < -0.39 is 0 Å². The lowest BCUT2D eigenvalue weighted by molar-refractivity contribution is 1.18. The predicted molar refractivity (Wildman–Crippen MR) is 43.9 cm³/mol. The van der Waals surface area contributed by atoms with Crippen LogP contribution in [-0.4, -0.2) is 9.38 Å². The van der Waals surface area contributed by atoms with Gasteiger partial charge in [-0.1, -0.05) is 12.1 Å². The van der Waals surface area contributed by atoms with Gasteiger partial charge in [0.15, 0.2) is 0 Å². The number of para-hydroxylation sites is 1. The Morgan fingerprint density at radius 1 is 1.18 bits per heavy atom. The van der Waals surface area contributed by atoms with Crippen molar-refractivity contribution < 1.29 is 0 Å². The Morgan fingerprint density at radius 2 is 2.18 bits per heavy atom. The first-order chi connectivity index (χ1) is 5.45. The van der Waals surface area contributed by atoms with Crippen LogP contribution >= 0.6 is 0 Å². The summed E-state index contributed by atoms with van der Waals surface area (Å²) in [6, 6.07) is 8.26. The van der Waals surface area contributed by atoms with Gasteiger partial charge >= 0.3 is 0 Å². The van der Waals surface area contributed by atoms with Crippen molar-refractivity contribution in [3.63, 3.8) is 0 Å². The number of nitrogens with zero attached hydrogens (tertiary/aromatic N) is 2. The third-order valence-corrected chi connectivity index (χ3v) is 2.04. The Morgan fingerprint density at radius 3 is 3.18 bits per heavy atom. The Hall–Kier alpha value is -1.57. The van der Waals surface area contributed by atoms with Crippen LogP contribution in [0.3, 0.4) is 0 Å². The van der Waals surface area contributed by atoms with Crippen LogP contribution in [-0.2, 0) is 0 Å². The Labute approximate surface area is 63.4 Å². The summed E-state index contributed by atoms with van der Waals surface area (Å²) in [7, 11) is 0. The summed E-state index contributed by atoms with van der Waals surface area (Å²) >= 11 is 0. The SMILES string of the molecule is c1cc2ccn3cnc(c1)c23. The monoisotopic (exact) mass is 142 g/mol. The van der Waals surface area contributed by atoms with Crippen LogP contribution in [0.4, 0.5) is 0 Å². The van der Waals surface area contributed by atoms with E-state index in [1.54, 1.807) is 0 Å². The lowest BCUT2D eigenvalue weighted by Crippen LogP contribution is -1.69. The fourth-order valence-electron chi connectivity index (χ4n) is 1.52. The van der Waals surface area contributed by atoms with Crippen molar-refractivity contribution in [3.8, 4) is 0 Å². The van der Waals surface area contributed by atoms with E-state index in [-0.39, 0.29) is 0 Å². The molecule has 0 amide bonds. The minimum absolute atomic E-state index is 1.08. The minimum Gasteiger partial charge on any atom is -0.305 e. The number of rotatable bonds is 0. The number of imidazole rings is 1. The van der Waals surface area contributed by atoms with Gasteiger partial charge in [0.05, 0.1) is 17.4 Å². The average molecular weight is 142 g/mol. The van der Waals surface area contributed by atoms with Crippen LogP contribution in [0.1, 0.15) is 0 Å². The fraction of sp³-hybridized carbons (Fsp3) is 0. The van der Waals surface area contributed by atoms with Crippen LogP contribution in [0.5, 0.6) is 0 Å². The first-order valence-corrected chi connectivity index (χ1v) is 3.59. The minimum atomic E-state index is 1.08. The van der Waals surface area contributed by atoms with Crippen molar-refractivity contribution in [1.82, 2.24) is 9.38 Å². The highest BCUT2D eigenvalue weighted by molar-refractivity contribution is 5.94. The molecule has 0 saturated carbocycles. The molecule has 0 unspecified atom stereocenters. The summed E-state index contributed by atoms with van der Waals surface area (Å²) in [5.74, 6) is 0. The van der Waals surface area contributed by atoms with Crippen molar-refractivity contribution in [2.45, 2.75) is 0 Å². The van der Waals surface area contributed by atoms with Crippen LogP contribution < -0.4 is 0 Å². The lowest BCUT2D eigenvalue weighted by atomic mass is 10.2. The zero-order valence-corrected chi connectivity index (χ0v) is 5.86. The maximum atomic E-state index is 4.24. The summed E-state index contributed by atoms with van der Waals surface area (Å²) in [4.78, 5) is 4.24. The molecule has 2 aromatic heterocycles. The highest BCUT2D eigenvalue weighted by Gasteiger charge is 2.02. The highest BCUT2D eigenvalue weighted by atomic mass is 15.0. The molecular weight excluding hydrogens is 136 g/mol. The largest absolute Gasteiger partial charge is 0.305 e. The van der Waals surface area contributed by atoms with Crippen molar-refractivity contribution in [3.05, 3.63) is 36.8 Å². The van der Waals surface area contributed by atoms with Gasteiger partial charge in [0.25, 0.3) is 0 Å². The molecule has 0 aliphatic carbocycles. The Bertz CT molecular complexity index is 444. The molecule has 11 heavy (non-hydrogen) atoms. The summed E-state index contributed by atoms with van der Waals surface area (Å²) in [5.41, 5.74) is 2.31. The molecule has 0 radical (unpaired) electrons. The number of aromatic nitrogens is 2. The summed E-state index contributed by atoms with van der Waals surface area (Å²) in [6.45, 7) is 0. The molecule has 0 aliphatic rings. The van der Waals surface area contributed by atoms with E-state index in [2.05, 4.69) is 17.1 Å². The maximum Gasteiger partial charge on any atom is 0.0999 e. The van der Waals surface area contributed by atoms with E-state index in [0.717, 1.165) is 5.52 Å². The number of hydrogen-bond acceptors (Lipinski definition) is 1. The van der Waals surface area contributed by atoms with Gasteiger partial charge in [-0.2, -0.15) is 0 Å². The van der Waals surface area contributed by atoms with Crippen molar-refractivity contribution in [2.24, 2.45) is 0 Å². The molecule has 3 aromatic rings. The highest BCUT2D eigenvalue weighted by Crippen LogP contribution is 2.19. The maximum absolute atomic E-state index is 4.24. The molecule has 2 heterocycles. The second-order valence-electron chi connectivity index (χ2n) is 2.68. The van der Waals surface area contributed by atoms with Gasteiger partial charge < -0.3 is 4.40 Å². The lowest BCUT2D eigenvalue weighted by Gasteiger charge is -1.86.